The van der Waals surface area contributed by atoms with Crippen molar-refractivity contribution in [2.24, 2.45) is 29.1 Å². The van der Waals surface area contributed by atoms with Gasteiger partial charge in [-0.15, -0.1) is 0 Å². The van der Waals surface area contributed by atoms with Crippen molar-refractivity contribution in [1.82, 2.24) is 0 Å². The number of ether oxygens (including phenoxy) is 1. The number of benzene rings is 6. The van der Waals surface area contributed by atoms with Gasteiger partial charge in [0, 0.05) is 27.9 Å². The number of para-hydroxylation sites is 1. The summed E-state index contributed by atoms with van der Waals surface area (Å²) >= 11 is 0. The van der Waals surface area contributed by atoms with Gasteiger partial charge in [-0.25, -0.2) is 0 Å². The van der Waals surface area contributed by atoms with Gasteiger partial charge in [0.1, 0.15) is 5.75 Å². The molecule has 6 aromatic carbocycles. The summed E-state index contributed by atoms with van der Waals surface area (Å²) in [5.74, 6) is 5.20. The number of nitrogens with zero attached hydrogens (tertiary/aromatic N) is 1. The van der Waals surface area contributed by atoms with E-state index in [1.807, 2.05) is 0 Å². The van der Waals surface area contributed by atoms with Crippen molar-refractivity contribution in [2.75, 3.05) is 4.90 Å². The van der Waals surface area contributed by atoms with Gasteiger partial charge in [-0.3, -0.25) is 0 Å². The lowest BCUT2D eigenvalue weighted by molar-refractivity contribution is -0.234. The lowest BCUT2D eigenvalue weighted by Crippen LogP contribution is -2.74. The second-order valence-electron chi connectivity index (χ2n) is 19.6. The molecule has 2 nitrogen and oxygen atoms in total. The third-order valence-electron chi connectivity index (χ3n) is 16.3. The average Bonchev–Trinajstić information content (AvgIpc) is 3.76. The quantitative estimate of drug-likeness (QED) is 0.175. The van der Waals surface area contributed by atoms with Gasteiger partial charge < -0.3 is 9.64 Å². The van der Waals surface area contributed by atoms with E-state index in [2.05, 4.69) is 172 Å². The van der Waals surface area contributed by atoms with E-state index in [4.69, 9.17) is 4.74 Å². The van der Waals surface area contributed by atoms with E-state index in [1.54, 1.807) is 0 Å². The van der Waals surface area contributed by atoms with Gasteiger partial charge in [0.25, 0.3) is 0 Å². The minimum Gasteiger partial charge on any atom is -0.454 e. The largest absolute Gasteiger partial charge is 0.454 e. The van der Waals surface area contributed by atoms with Crippen LogP contribution >= 0.6 is 0 Å². The van der Waals surface area contributed by atoms with Gasteiger partial charge in [-0.1, -0.05) is 131 Å². The number of rotatable bonds is 5. The van der Waals surface area contributed by atoms with E-state index >= 15 is 0 Å². The van der Waals surface area contributed by atoms with Crippen LogP contribution in [0.3, 0.4) is 0 Å². The van der Waals surface area contributed by atoms with E-state index in [9.17, 15) is 0 Å². The van der Waals surface area contributed by atoms with Crippen molar-refractivity contribution >= 4 is 17.1 Å². The van der Waals surface area contributed by atoms with E-state index in [0.29, 0.717) is 17.3 Å². The zero-order chi connectivity index (χ0) is 37.6. The second-order valence-corrected chi connectivity index (χ2v) is 19.6. The summed E-state index contributed by atoms with van der Waals surface area (Å²) in [6.07, 6.45) is 7.97. The summed E-state index contributed by atoms with van der Waals surface area (Å²) in [5.41, 5.74) is 15.1. The standard InChI is InChI=1S/C54H51NO/c1-51(2)27-28-52(3,4)44-32-40(25-26-42(44)51)55(39-23-21-36(22-24-39)35-13-7-5-8-14-35)45-19-12-18-43-50(45)56-46-20-11-17-41(37-15-9-6-10-16-37)49(46)54(43)47-30-34-29-38-31-48(54)53(38,47)33-34/h5-26,32,34,38,47-48H,27-31,33H2,1-4H3/t34?,38?,47?,48?,53-,54?/m0/s1. The minimum absolute atomic E-state index is 0.0538. The zero-order valence-electron chi connectivity index (χ0n) is 33.2. The van der Waals surface area contributed by atoms with Crippen LogP contribution < -0.4 is 9.64 Å². The predicted molar refractivity (Wildman–Crippen MR) is 229 cm³/mol. The molecule has 0 saturated heterocycles. The monoisotopic (exact) mass is 729 g/mol. The molecular weight excluding hydrogens is 679 g/mol. The number of anilines is 3. The molecule has 0 radical (unpaired) electrons. The molecule has 278 valence electrons. The Labute approximate surface area is 332 Å². The molecule has 12 rings (SSSR count). The zero-order valence-corrected chi connectivity index (χ0v) is 33.2. The molecule has 4 saturated carbocycles. The second kappa shape index (κ2) is 11.3. The topological polar surface area (TPSA) is 12.5 Å². The Bertz CT molecular complexity index is 2550. The fourth-order valence-electron chi connectivity index (χ4n) is 13.8. The average molecular weight is 730 g/mol. The van der Waals surface area contributed by atoms with Crippen molar-refractivity contribution < 1.29 is 4.74 Å². The molecule has 0 N–H and O–H groups in total. The fraction of sp³-hybridized carbons (Fsp3) is 0.333. The summed E-state index contributed by atoms with van der Waals surface area (Å²) in [4.78, 5) is 2.52. The van der Waals surface area contributed by atoms with Crippen molar-refractivity contribution in [1.29, 1.82) is 0 Å². The molecule has 6 aliphatic rings. The molecule has 0 aromatic heterocycles. The highest BCUT2D eigenvalue weighted by Crippen LogP contribution is 2.90. The Hall–Kier alpha value is -5.08. The maximum absolute atomic E-state index is 7.46. The first-order valence-corrected chi connectivity index (χ1v) is 21.3. The molecule has 2 heteroatoms. The van der Waals surface area contributed by atoms with Crippen LogP contribution in [0.5, 0.6) is 11.5 Å². The molecular formula is C54H51NO. The van der Waals surface area contributed by atoms with Gasteiger partial charge in [0.15, 0.2) is 5.75 Å². The molecule has 2 bridgehead atoms. The Morgan fingerprint density at radius 1 is 0.554 bits per heavy atom. The highest BCUT2D eigenvalue weighted by Gasteiger charge is 2.84. The van der Waals surface area contributed by atoms with Crippen LogP contribution in [0.25, 0.3) is 22.3 Å². The van der Waals surface area contributed by atoms with Gasteiger partial charge in [0.05, 0.1) is 5.69 Å². The van der Waals surface area contributed by atoms with E-state index in [0.717, 1.165) is 34.7 Å². The molecule has 5 aliphatic carbocycles. The Morgan fingerprint density at radius 2 is 1.21 bits per heavy atom. The first kappa shape index (κ1) is 33.1. The molecule has 6 atom stereocenters. The summed E-state index contributed by atoms with van der Waals surface area (Å²) in [7, 11) is 0. The summed E-state index contributed by atoms with van der Waals surface area (Å²) < 4.78 is 7.46. The van der Waals surface area contributed by atoms with Gasteiger partial charge >= 0.3 is 0 Å². The van der Waals surface area contributed by atoms with Crippen molar-refractivity contribution in [3.8, 4) is 33.8 Å². The molecule has 5 unspecified atom stereocenters. The predicted octanol–water partition coefficient (Wildman–Crippen LogP) is 14.3. The van der Waals surface area contributed by atoms with Gasteiger partial charge in [-0.05, 0) is 148 Å². The maximum Gasteiger partial charge on any atom is 0.155 e. The fourth-order valence-corrected chi connectivity index (χ4v) is 13.8. The van der Waals surface area contributed by atoms with Gasteiger partial charge in [-0.2, -0.15) is 0 Å². The summed E-state index contributed by atoms with van der Waals surface area (Å²) in [5, 5.41) is 0. The summed E-state index contributed by atoms with van der Waals surface area (Å²) in [6, 6.07) is 52.5. The van der Waals surface area contributed by atoms with Crippen molar-refractivity contribution in [3.05, 3.63) is 162 Å². The molecule has 0 amide bonds. The third-order valence-corrected chi connectivity index (χ3v) is 16.3. The van der Waals surface area contributed by atoms with Crippen LogP contribution in [0.1, 0.15) is 88.5 Å². The Balaban J connectivity index is 1.09. The van der Waals surface area contributed by atoms with Gasteiger partial charge in [0.2, 0.25) is 0 Å². The number of fused-ring (bicyclic) bond motifs is 8. The third kappa shape index (κ3) is 4.18. The highest BCUT2D eigenvalue weighted by molar-refractivity contribution is 5.86. The lowest BCUT2D eigenvalue weighted by atomic mass is 9.26. The van der Waals surface area contributed by atoms with Crippen LogP contribution in [-0.2, 0) is 16.2 Å². The molecule has 4 fully saturated rings. The van der Waals surface area contributed by atoms with E-state index < -0.39 is 0 Å². The molecule has 56 heavy (non-hydrogen) atoms. The normalized spacial score (nSPS) is 28.9. The highest BCUT2D eigenvalue weighted by atomic mass is 16.5. The van der Waals surface area contributed by atoms with Crippen molar-refractivity contribution in [3.63, 3.8) is 0 Å². The van der Waals surface area contributed by atoms with Crippen LogP contribution in [0.4, 0.5) is 17.1 Å². The van der Waals surface area contributed by atoms with Crippen LogP contribution in [0, 0.1) is 29.1 Å². The molecule has 1 heterocycles. The lowest BCUT2D eigenvalue weighted by Gasteiger charge is -2.77. The first-order valence-electron chi connectivity index (χ1n) is 21.3. The van der Waals surface area contributed by atoms with Crippen LogP contribution in [0.2, 0.25) is 0 Å². The Morgan fingerprint density at radius 3 is 1.96 bits per heavy atom. The smallest absolute Gasteiger partial charge is 0.155 e. The number of hydrogen-bond donors (Lipinski definition) is 0. The summed E-state index contributed by atoms with van der Waals surface area (Å²) in [6.45, 7) is 9.73. The molecule has 2 spiro atoms. The maximum atomic E-state index is 7.46. The number of hydrogen-bond acceptors (Lipinski definition) is 2. The Kier molecular flexibility index (Phi) is 6.67. The first-order chi connectivity index (χ1) is 27.2. The minimum atomic E-state index is -0.0538. The van der Waals surface area contributed by atoms with Crippen LogP contribution in [0.15, 0.2) is 140 Å². The SMILES string of the molecule is CC1(C)CCC(C)(C)c2cc(N(c3ccc(-c4ccccc4)cc3)c3cccc4c3Oc3cccc(-c5ccccc5)c3C43C4CC5CC6CC3[C@@]64C5)ccc21. The van der Waals surface area contributed by atoms with Crippen LogP contribution in [-0.4, -0.2) is 0 Å². The van der Waals surface area contributed by atoms with E-state index in [-0.39, 0.29) is 16.2 Å². The molecule has 1 aliphatic heterocycles. The molecule has 6 aromatic rings. The van der Waals surface area contributed by atoms with E-state index in [1.165, 1.54) is 88.7 Å². The van der Waals surface area contributed by atoms with Crippen molar-refractivity contribution in [2.45, 2.75) is 82.5 Å².